The smallest absolute Gasteiger partial charge is 0.234 e. The van der Waals surface area contributed by atoms with Crippen molar-refractivity contribution in [3.05, 3.63) is 50.7 Å². The van der Waals surface area contributed by atoms with Crippen LogP contribution in [0.4, 0.5) is 5.69 Å². The third-order valence-electron chi connectivity index (χ3n) is 2.85. The van der Waals surface area contributed by atoms with E-state index in [-0.39, 0.29) is 5.91 Å². The van der Waals surface area contributed by atoms with Crippen molar-refractivity contribution in [3.63, 3.8) is 0 Å². The van der Waals surface area contributed by atoms with E-state index in [1.165, 1.54) is 4.88 Å². The molecule has 1 aromatic heterocycles. The number of hydrogen-bond acceptors (Lipinski definition) is 3. The van der Waals surface area contributed by atoms with Crippen LogP contribution in [0.25, 0.3) is 0 Å². The second-order valence-corrected chi connectivity index (χ2v) is 7.30. The van der Waals surface area contributed by atoms with Gasteiger partial charge in [0.15, 0.2) is 0 Å². The fourth-order valence-corrected chi connectivity index (χ4v) is 3.89. The Labute approximate surface area is 132 Å². The van der Waals surface area contributed by atoms with Crippen LogP contribution in [-0.4, -0.2) is 11.7 Å². The minimum atomic E-state index is 0.0371. The number of carbonyl (C=O) groups excluding carboxylic acids is 1. The summed E-state index contributed by atoms with van der Waals surface area (Å²) in [6, 6.07) is 9.89. The molecule has 5 heteroatoms. The molecule has 1 aromatic carbocycles. The van der Waals surface area contributed by atoms with Gasteiger partial charge in [-0.2, -0.15) is 0 Å². The lowest BCUT2D eigenvalue weighted by molar-refractivity contribution is -0.113. The summed E-state index contributed by atoms with van der Waals surface area (Å²) in [7, 11) is 0. The molecule has 0 fully saturated rings. The summed E-state index contributed by atoms with van der Waals surface area (Å²) in [5.41, 5.74) is 3.11. The van der Waals surface area contributed by atoms with Gasteiger partial charge in [-0.15, -0.1) is 23.1 Å². The van der Waals surface area contributed by atoms with Crippen LogP contribution in [0.15, 0.2) is 30.3 Å². The van der Waals surface area contributed by atoms with Gasteiger partial charge in [0, 0.05) is 16.3 Å². The zero-order valence-corrected chi connectivity index (χ0v) is 13.8. The molecule has 0 bridgehead atoms. The first kappa shape index (κ1) is 15.4. The molecule has 1 N–H and O–H groups in total. The quantitative estimate of drug-likeness (QED) is 0.848. The van der Waals surface area contributed by atoms with Crippen molar-refractivity contribution in [2.45, 2.75) is 19.6 Å². The molecular formula is C15H16ClNOS2. The summed E-state index contributed by atoms with van der Waals surface area (Å²) in [6.07, 6.45) is 0. The van der Waals surface area contributed by atoms with Gasteiger partial charge in [0.2, 0.25) is 5.91 Å². The molecule has 0 radical (unpaired) electrons. The Morgan fingerprint density at radius 3 is 2.55 bits per heavy atom. The maximum Gasteiger partial charge on any atom is 0.234 e. The van der Waals surface area contributed by atoms with Gasteiger partial charge in [-0.1, -0.05) is 29.8 Å². The summed E-state index contributed by atoms with van der Waals surface area (Å²) in [5.74, 6) is 1.30. The molecule has 0 aliphatic carbocycles. The normalized spacial score (nSPS) is 10.6. The van der Waals surface area contributed by atoms with Crippen LogP contribution < -0.4 is 5.32 Å². The van der Waals surface area contributed by atoms with E-state index in [1.54, 1.807) is 23.1 Å². The Morgan fingerprint density at radius 1 is 1.25 bits per heavy atom. The van der Waals surface area contributed by atoms with Crippen molar-refractivity contribution in [1.29, 1.82) is 0 Å². The van der Waals surface area contributed by atoms with Crippen LogP contribution in [0.3, 0.4) is 0 Å². The van der Waals surface area contributed by atoms with Crippen LogP contribution in [0.5, 0.6) is 0 Å². The van der Waals surface area contributed by atoms with Crippen molar-refractivity contribution in [1.82, 2.24) is 0 Å². The van der Waals surface area contributed by atoms with Gasteiger partial charge in [-0.25, -0.2) is 0 Å². The summed E-state index contributed by atoms with van der Waals surface area (Å²) in [5, 5.41) is 2.99. The van der Waals surface area contributed by atoms with Crippen LogP contribution in [0.1, 0.15) is 16.0 Å². The summed E-state index contributed by atoms with van der Waals surface area (Å²) in [4.78, 5) is 13.2. The molecule has 0 saturated carbocycles. The first-order valence-electron chi connectivity index (χ1n) is 6.24. The van der Waals surface area contributed by atoms with Gasteiger partial charge in [0.05, 0.1) is 10.1 Å². The molecule has 1 amide bonds. The predicted octanol–water partition coefficient (Wildman–Crippen LogP) is 4.89. The Hall–Kier alpha value is -0.970. The zero-order valence-electron chi connectivity index (χ0n) is 11.4. The average molecular weight is 326 g/mol. The Morgan fingerprint density at radius 2 is 1.95 bits per heavy atom. The molecule has 106 valence electrons. The number of anilines is 1. The number of rotatable bonds is 5. The molecular weight excluding hydrogens is 310 g/mol. The predicted molar refractivity (Wildman–Crippen MR) is 90.0 cm³/mol. The average Bonchev–Trinajstić information content (AvgIpc) is 2.80. The monoisotopic (exact) mass is 325 g/mol. The number of aryl methyl sites for hydroxylation is 2. The third-order valence-corrected chi connectivity index (χ3v) is 5.25. The minimum absolute atomic E-state index is 0.0371. The molecule has 0 atom stereocenters. The van der Waals surface area contributed by atoms with E-state index in [0.717, 1.165) is 26.9 Å². The van der Waals surface area contributed by atoms with E-state index in [2.05, 4.69) is 5.32 Å². The van der Waals surface area contributed by atoms with Crippen molar-refractivity contribution in [3.8, 4) is 0 Å². The van der Waals surface area contributed by atoms with E-state index in [1.807, 2.05) is 44.2 Å². The number of para-hydroxylation sites is 1. The lowest BCUT2D eigenvalue weighted by Gasteiger charge is -2.11. The number of nitrogens with one attached hydrogen (secondary N) is 1. The molecule has 2 aromatic rings. The van der Waals surface area contributed by atoms with Crippen molar-refractivity contribution < 1.29 is 4.79 Å². The topological polar surface area (TPSA) is 29.1 Å². The van der Waals surface area contributed by atoms with Crippen LogP contribution >= 0.6 is 34.7 Å². The van der Waals surface area contributed by atoms with Gasteiger partial charge in [0.1, 0.15) is 0 Å². The lowest BCUT2D eigenvalue weighted by Crippen LogP contribution is -2.15. The van der Waals surface area contributed by atoms with Crippen LogP contribution in [0, 0.1) is 13.8 Å². The molecule has 0 aliphatic rings. The first-order chi connectivity index (χ1) is 9.56. The Balaban J connectivity index is 1.84. The molecule has 0 aliphatic heterocycles. The molecule has 2 nitrogen and oxygen atoms in total. The highest BCUT2D eigenvalue weighted by molar-refractivity contribution is 7.99. The van der Waals surface area contributed by atoms with Gasteiger partial charge in [-0.3, -0.25) is 4.79 Å². The summed E-state index contributed by atoms with van der Waals surface area (Å²) in [6.45, 7) is 4.01. The van der Waals surface area contributed by atoms with E-state index in [4.69, 9.17) is 11.6 Å². The fraction of sp³-hybridized carbons (Fsp3) is 0.267. The second kappa shape index (κ2) is 7.16. The zero-order chi connectivity index (χ0) is 14.5. The summed E-state index contributed by atoms with van der Waals surface area (Å²) < 4.78 is 0.792. The van der Waals surface area contributed by atoms with Gasteiger partial charge in [-0.05, 0) is 37.1 Å². The highest BCUT2D eigenvalue weighted by atomic mass is 35.5. The van der Waals surface area contributed by atoms with Crippen molar-refractivity contribution in [2.24, 2.45) is 0 Å². The van der Waals surface area contributed by atoms with Crippen molar-refractivity contribution >= 4 is 46.3 Å². The minimum Gasteiger partial charge on any atom is -0.325 e. The van der Waals surface area contributed by atoms with E-state index < -0.39 is 0 Å². The first-order valence-corrected chi connectivity index (χ1v) is 8.59. The number of amides is 1. The Kier molecular flexibility index (Phi) is 5.52. The van der Waals surface area contributed by atoms with Gasteiger partial charge in [0.25, 0.3) is 0 Å². The van der Waals surface area contributed by atoms with E-state index >= 15 is 0 Å². The molecule has 0 saturated heterocycles. The second-order valence-electron chi connectivity index (χ2n) is 4.51. The largest absolute Gasteiger partial charge is 0.325 e. The number of carbonyl (C=O) groups is 1. The molecule has 2 rings (SSSR count). The lowest BCUT2D eigenvalue weighted by atomic mass is 10.1. The van der Waals surface area contributed by atoms with Crippen LogP contribution in [0.2, 0.25) is 4.34 Å². The number of halogens is 1. The SMILES string of the molecule is Cc1cccc(C)c1NC(=O)CSCc1ccc(Cl)s1. The maximum absolute atomic E-state index is 12.0. The number of thiophene rings is 1. The molecule has 0 unspecified atom stereocenters. The third kappa shape index (κ3) is 4.27. The number of thioether (sulfide) groups is 1. The van der Waals surface area contributed by atoms with Crippen molar-refractivity contribution in [2.75, 3.05) is 11.1 Å². The van der Waals surface area contributed by atoms with E-state index in [9.17, 15) is 4.79 Å². The van der Waals surface area contributed by atoms with Crippen LogP contribution in [-0.2, 0) is 10.5 Å². The Bertz CT molecular complexity index is 589. The summed E-state index contributed by atoms with van der Waals surface area (Å²) >= 11 is 9.03. The highest BCUT2D eigenvalue weighted by Crippen LogP contribution is 2.25. The standard InChI is InChI=1S/C15H16ClNOS2/c1-10-4-3-5-11(2)15(10)17-14(18)9-19-8-12-6-7-13(16)20-12/h3-7H,8-9H2,1-2H3,(H,17,18). The van der Waals surface area contributed by atoms with Gasteiger partial charge < -0.3 is 5.32 Å². The highest BCUT2D eigenvalue weighted by Gasteiger charge is 2.07. The van der Waals surface area contributed by atoms with Gasteiger partial charge >= 0.3 is 0 Å². The number of hydrogen-bond donors (Lipinski definition) is 1. The number of benzene rings is 1. The molecule has 20 heavy (non-hydrogen) atoms. The maximum atomic E-state index is 12.0. The molecule has 1 heterocycles. The molecule has 0 spiro atoms. The van der Waals surface area contributed by atoms with E-state index in [0.29, 0.717) is 5.75 Å². The fourth-order valence-electron chi connectivity index (χ4n) is 1.86.